The van der Waals surface area contributed by atoms with Gasteiger partial charge in [-0.05, 0) is 19.4 Å². The zero-order valence-electron chi connectivity index (χ0n) is 11.2. The fourth-order valence-electron chi connectivity index (χ4n) is 1.74. The summed E-state index contributed by atoms with van der Waals surface area (Å²) in [6.45, 7) is 4.82. The van der Waals surface area contributed by atoms with Gasteiger partial charge >= 0.3 is 0 Å². The van der Waals surface area contributed by atoms with Crippen molar-refractivity contribution in [1.82, 2.24) is 4.98 Å². The Hall–Kier alpha value is -1.20. The average molecular weight is 256 g/mol. The maximum Gasteiger partial charge on any atom is 0.171 e. The van der Waals surface area contributed by atoms with E-state index in [1.165, 1.54) is 12.3 Å². The van der Waals surface area contributed by atoms with Crippen LogP contribution in [0.15, 0.2) is 12.3 Å². The first-order chi connectivity index (χ1) is 8.65. The van der Waals surface area contributed by atoms with Crippen molar-refractivity contribution < 1.29 is 14.2 Å². The zero-order chi connectivity index (χ0) is 13.5. The predicted octanol–water partition coefficient (Wildman–Crippen LogP) is 1.96. The summed E-state index contributed by atoms with van der Waals surface area (Å²) < 4.78 is 19.2. The van der Waals surface area contributed by atoms with E-state index in [1.807, 2.05) is 18.7 Å². The van der Waals surface area contributed by atoms with Crippen LogP contribution in [0.25, 0.3) is 0 Å². The normalized spacial score (nSPS) is 12.5. The van der Waals surface area contributed by atoms with Crippen molar-refractivity contribution in [2.24, 2.45) is 0 Å². The maximum atomic E-state index is 14.1. The summed E-state index contributed by atoms with van der Waals surface area (Å²) in [6, 6.07) is 1.65. The average Bonchev–Trinajstić information content (AvgIpc) is 2.40. The molecular weight excluding hydrogens is 235 g/mol. The Bertz CT molecular complexity index is 374. The molecule has 18 heavy (non-hydrogen) atoms. The lowest BCUT2D eigenvalue weighted by Gasteiger charge is -2.30. The molecule has 0 bridgehead atoms. The van der Waals surface area contributed by atoms with Gasteiger partial charge in [0, 0.05) is 31.5 Å². The second kappa shape index (κ2) is 7.28. The standard InChI is InChI=1S/C13H21FN2O2/c1-4-10(2)16(7-8-18-3)13-12(14)11(9-17)5-6-15-13/h5-6,10,17H,4,7-9H2,1-3H3. The van der Waals surface area contributed by atoms with Crippen LogP contribution in [0.3, 0.4) is 0 Å². The number of halogens is 1. The summed E-state index contributed by atoms with van der Waals surface area (Å²) in [5, 5.41) is 9.09. The summed E-state index contributed by atoms with van der Waals surface area (Å²) in [6.07, 6.45) is 2.40. The molecule has 1 aromatic rings. The van der Waals surface area contributed by atoms with Gasteiger partial charge < -0.3 is 14.7 Å². The molecule has 0 aromatic carbocycles. The molecule has 1 atom stereocenters. The van der Waals surface area contributed by atoms with Crippen molar-refractivity contribution in [2.75, 3.05) is 25.2 Å². The van der Waals surface area contributed by atoms with Crippen LogP contribution in [-0.2, 0) is 11.3 Å². The molecule has 5 heteroatoms. The smallest absolute Gasteiger partial charge is 0.171 e. The SMILES string of the molecule is CCC(C)N(CCOC)c1nccc(CO)c1F. The topological polar surface area (TPSA) is 45.6 Å². The number of pyridine rings is 1. The molecule has 1 N–H and O–H groups in total. The summed E-state index contributed by atoms with van der Waals surface area (Å²) in [5.41, 5.74) is 0.269. The van der Waals surface area contributed by atoms with E-state index in [0.29, 0.717) is 13.2 Å². The van der Waals surface area contributed by atoms with Gasteiger partial charge in [0.2, 0.25) is 0 Å². The van der Waals surface area contributed by atoms with Gasteiger partial charge in [-0.2, -0.15) is 0 Å². The molecule has 1 heterocycles. The zero-order valence-corrected chi connectivity index (χ0v) is 11.2. The van der Waals surface area contributed by atoms with E-state index in [1.54, 1.807) is 7.11 Å². The molecule has 0 saturated heterocycles. The van der Waals surface area contributed by atoms with E-state index in [0.717, 1.165) is 6.42 Å². The van der Waals surface area contributed by atoms with Crippen molar-refractivity contribution in [1.29, 1.82) is 0 Å². The van der Waals surface area contributed by atoms with Crippen LogP contribution in [0.2, 0.25) is 0 Å². The van der Waals surface area contributed by atoms with Crippen LogP contribution in [0.1, 0.15) is 25.8 Å². The molecule has 0 amide bonds. The van der Waals surface area contributed by atoms with Crippen molar-refractivity contribution in [3.05, 3.63) is 23.6 Å². The predicted molar refractivity (Wildman–Crippen MR) is 69.1 cm³/mol. The fourth-order valence-corrected chi connectivity index (χ4v) is 1.74. The highest BCUT2D eigenvalue weighted by molar-refractivity contribution is 5.44. The summed E-state index contributed by atoms with van der Waals surface area (Å²) in [4.78, 5) is 5.97. The Labute approximate surface area is 107 Å². The lowest BCUT2D eigenvalue weighted by molar-refractivity contribution is 0.202. The van der Waals surface area contributed by atoms with E-state index in [4.69, 9.17) is 9.84 Å². The Morgan fingerprint density at radius 3 is 2.83 bits per heavy atom. The Morgan fingerprint density at radius 2 is 2.28 bits per heavy atom. The van der Waals surface area contributed by atoms with E-state index in [2.05, 4.69) is 4.98 Å². The minimum absolute atomic E-state index is 0.163. The molecule has 0 aliphatic heterocycles. The minimum atomic E-state index is -0.448. The van der Waals surface area contributed by atoms with Crippen molar-refractivity contribution in [3.8, 4) is 0 Å². The molecule has 0 fully saturated rings. The Morgan fingerprint density at radius 1 is 1.56 bits per heavy atom. The van der Waals surface area contributed by atoms with Gasteiger partial charge in [-0.15, -0.1) is 0 Å². The van der Waals surface area contributed by atoms with Gasteiger partial charge in [0.1, 0.15) is 0 Å². The quantitative estimate of drug-likeness (QED) is 0.810. The number of hydrogen-bond acceptors (Lipinski definition) is 4. The number of rotatable bonds is 7. The Kier molecular flexibility index (Phi) is 6.01. The third-order valence-electron chi connectivity index (χ3n) is 3.05. The molecule has 1 unspecified atom stereocenters. The Balaban J connectivity index is 3.04. The van der Waals surface area contributed by atoms with Gasteiger partial charge in [-0.25, -0.2) is 9.37 Å². The molecule has 0 aliphatic rings. The number of aliphatic hydroxyl groups excluding tert-OH is 1. The highest BCUT2D eigenvalue weighted by Crippen LogP contribution is 2.22. The van der Waals surface area contributed by atoms with Gasteiger partial charge in [0.25, 0.3) is 0 Å². The maximum absolute atomic E-state index is 14.1. The molecule has 102 valence electrons. The van der Waals surface area contributed by atoms with E-state index >= 15 is 0 Å². The van der Waals surface area contributed by atoms with Gasteiger partial charge in [-0.3, -0.25) is 0 Å². The fraction of sp³-hybridized carbons (Fsp3) is 0.615. The number of ether oxygens (including phenoxy) is 1. The second-order valence-corrected chi connectivity index (χ2v) is 4.21. The van der Waals surface area contributed by atoms with E-state index in [-0.39, 0.29) is 24.0 Å². The minimum Gasteiger partial charge on any atom is -0.392 e. The summed E-state index contributed by atoms with van der Waals surface area (Å²) in [7, 11) is 1.61. The first kappa shape index (κ1) is 14.9. The number of hydrogen-bond donors (Lipinski definition) is 1. The number of aliphatic hydroxyl groups is 1. The number of nitrogens with zero attached hydrogens (tertiary/aromatic N) is 2. The second-order valence-electron chi connectivity index (χ2n) is 4.21. The summed E-state index contributed by atoms with van der Waals surface area (Å²) in [5.74, 6) is -0.163. The number of anilines is 1. The van der Waals surface area contributed by atoms with E-state index < -0.39 is 5.82 Å². The van der Waals surface area contributed by atoms with Crippen molar-refractivity contribution >= 4 is 5.82 Å². The molecule has 1 rings (SSSR count). The van der Waals surface area contributed by atoms with Crippen molar-refractivity contribution in [3.63, 3.8) is 0 Å². The third-order valence-corrected chi connectivity index (χ3v) is 3.05. The molecule has 0 aliphatic carbocycles. The van der Waals surface area contributed by atoms with Crippen molar-refractivity contribution in [2.45, 2.75) is 32.9 Å². The van der Waals surface area contributed by atoms with E-state index in [9.17, 15) is 4.39 Å². The van der Waals surface area contributed by atoms with Crippen LogP contribution in [0.4, 0.5) is 10.2 Å². The monoisotopic (exact) mass is 256 g/mol. The molecule has 0 spiro atoms. The van der Waals surface area contributed by atoms with Gasteiger partial charge in [0.05, 0.1) is 13.2 Å². The van der Waals surface area contributed by atoms with Crippen LogP contribution >= 0.6 is 0 Å². The van der Waals surface area contributed by atoms with Crippen LogP contribution in [0.5, 0.6) is 0 Å². The highest BCUT2D eigenvalue weighted by atomic mass is 19.1. The molecule has 4 nitrogen and oxygen atoms in total. The van der Waals surface area contributed by atoms with Gasteiger partial charge in [-0.1, -0.05) is 6.92 Å². The highest BCUT2D eigenvalue weighted by Gasteiger charge is 2.19. The lowest BCUT2D eigenvalue weighted by Crippen LogP contribution is -2.37. The molecular formula is C13H21FN2O2. The molecule has 0 radical (unpaired) electrons. The first-order valence-corrected chi connectivity index (χ1v) is 6.15. The first-order valence-electron chi connectivity index (χ1n) is 6.15. The lowest BCUT2D eigenvalue weighted by atomic mass is 10.2. The molecule has 1 aromatic heterocycles. The third kappa shape index (κ3) is 3.40. The largest absolute Gasteiger partial charge is 0.392 e. The van der Waals surface area contributed by atoms with Crippen LogP contribution < -0.4 is 4.90 Å². The molecule has 0 saturated carbocycles. The number of aromatic nitrogens is 1. The van der Waals surface area contributed by atoms with Crippen LogP contribution in [-0.4, -0.2) is 36.4 Å². The summed E-state index contributed by atoms with van der Waals surface area (Å²) >= 11 is 0. The van der Waals surface area contributed by atoms with Gasteiger partial charge in [0.15, 0.2) is 11.6 Å². The number of methoxy groups -OCH3 is 1. The van der Waals surface area contributed by atoms with Crippen LogP contribution in [0, 0.1) is 5.82 Å².